The molecule has 0 aliphatic carbocycles. The van der Waals surface area contributed by atoms with Crippen molar-refractivity contribution in [2.45, 2.75) is 38.5 Å². The quantitative estimate of drug-likeness (QED) is 0.389. The molecular formula is C19H30ClIN4O. The monoisotopic (exact) mass is 492 g/mol. The van der Waals surface area contributed by atoms with Gasteiger partial charge in [0.05, 0.1) is 19.3 Å². The summed E-state index contributed by atoms with van der Waals surface area (Å²) in [7, 11) is 2.06. The number of ether oxygens (including phenoxy) is 1. The van der Waals surface area contributed by atoms with Crippen LogP contribution in [0.5, 0.6) is 0 Å². The molecule has 2 unspecified atom stereocenters. The van der Waals surface area contributed by atoms with Gasteiger partial charge in [0.15, 0.2) is 5.96 Å². The van der Waals surface area contributed by atoms with Crippen LogP contribution in [-0.4, -0.2) is 67.7 Å². The Morgan fingerprint density at radius 3 is 3.08 bits per heavy atom. The van der Waals surface area contributed by atoms with Crippen LogP contribution in [0.3, 0.4) is 0 Å². The van der Waals surface area contributed by atoms with Gasteiger partial charge in [-0.25, -0.2) is 0 Å². The van der Waals surface area contributed by atoms with Gasteiger partial charge < -0.3 is 15.0 Å². The Balaban J connectivity index is 0.00000243. The van der Waals surface area contributed by atoms with Gasteiger partial charge in [-0.3, -0.25) is 9.89 Å². The molecule has 0 aromatic heterocycles. The first kappa shape index (κ1) is 21.7. The van der Waals surface area contributed by atoms with E-state index >= 15 is 0 Å². The fourth-order valence-corrected chi connectivity index (χ4v) is 3.85. The molecule has 5 nitrogen and oxygen atoms in total. The highest BCUT2D eigenvalue weighted by Gasteiger charge is 2.32. The molecule has 1 N–H and O–H groups in total. The number of hydrogen-bond donors (Lipinski definition) is 1. The highest BCUT2D eigenvalue weighted by atomic mass is 127. The smallest absolute Gasteiger partial charge is 0.194 e. The van der Waals surface area contributed by atoms with E-state index in [-0.39, 0.29) is 30.1 Å². The van der Waals surface area contributed by atoms with E-state index < -0.39 is 0 Å². The third-order valence-electron chi connectivity index (χ3n) is 4.91. The zero-order valence-corrected chi connectivity index (χ0v) is 18.7. The van der Waals surface area contributed by atoms with E-state index in [9.17, 15) is 0 Å². The molecule has 0 radical (unpaired) electrons. The number of morpholine rings is 1. The Morgan fingerprint density at radius 2 is 2.31 bits per heavy atom. The average molecular weight is 493 g/mol. The number of nitrogens with one attached hydrogen (secondary N) is 1. The molecule has 26 heavy (non-hydrogen) atoms. The van der Waals surface area contributed by atoms with E-state index in [1.165, 1.54) is 24.9 Å². The summed E-state index contributed by atoms with van der Waals surface area (Å²) in [5.41, 5.74) is 1.18. The second kappa shape index (κ2) is 10.7. The van der Waals surface area contributed by atoms with Crippen LogP contribution in [0.15, 0.2) is 29.3 Å². The van der Waals surface area contributed by atoms with Crippen LogP contribution >= 0.6 is 35.6 Å². The summed E-state index contributed by atoms with van der Waals surface area (Å²) >= 11 is 6.09. The first-order valence-electron chi connectivity index (χ1n) is 9.25. The van der Waals surface area contributed by atoms with Crippen LogP contribution in [0, 0.1) is 0 Å². The van der Waals surface area contributed by atoms with Crippen LogP contribution in [-0.2, 0) is 11.3 Å². The topological polar surface area (TPSA) is 40.1 Å². The fourth-order valence-electron chi connectivity index (χ4n) is 3.64. The summed E-state index contributed by atoms with van der Waals surface area (Å²) in [6.07, 6.45) is 2.78. The van der Waals surface area contributed by atoms with E-state index in [0.717, 1.165) is 37.2 Å². The zero-order valence-electron chi connectivity index (χ0n) is 15.7. The van der Waals surface area contributed by atoms with Gasteiger partial charge in [-0.2, -0.15) is 0 Å². The molecule has 0 amide bonds. The highest BCUT2D eigenvalue weighted by molar-refractivity contribution is 14.0. The average Bonchev–Trinajstić information content (AvgIpc) is 3.06. The van der Waals surface area contributed by atoms with E-state index in [4.69, 9.17) is 21.3 Å². The highest BCUT2D eigenvalue weighted by Crippen LogP contribution is 2.22. The summed E-state index contributed by atoms with van der Waals surface area (Å²) < 4.78 is 6.02. The van der Waals surface area contributed by atoms with Crippen molar-refractivity contribution >= 4 is 41.5 Å². The van der Waals surface area contributed by atoms with Crippen molar-refractivity contribution in [1.29, 1.82) is 0 Å². The van der Waals surface area contributed by atoms with Crippen molar-refractivity contribution in [2.75, 3.05) is 39.8 Å². The fraction of sp³-hybridized carbons (Fsp3) is 0.632. The molecule has 2 atom stereocenters. The van der Waals surface area contributed by atoms with E-state index in [2.05, 4.69) is 35.2 Å². The van der Waals surface area contributed by atoms with Crippen LogP contribution in [0.4, 0.5) is 0 Å². The maximum atomic E-state index is 6.09. The molecule has 0 spiro atoms. The number of aliphatic imine (C=N–C) groups is 1. The maximum absolute atomic E-state index is 6.09. The van der Waals surface area contributed by atoms with Gasteiger partial charge in [0, 0.05) is 37.7 Å². The number of nitrogens with zero attached hydrogens (tertiary/aromatic N) is 3. The minimum absolute atomic E-state index is 0. The molecule has 0 bridgehead atoms. The van der Waals surface area contributed by atoms with Gasteiger partial charge in [0.2, 0.25) is 0 Å². The van der Waals surface area contributed by atoms with Crippen molar-refractivity contribution in [3.63, 3.8) is 0 Å². The Labute approximate surface area is 179 Å². The number of rotatable bonds is 5. The van der Waals surface area contributed by atoms with Crippen LogP contribution in [0.1, 0.15) is 25.3 Å². The standard InChI is InChI=1S/C19H29ClN4O.HI/c1-3-21-19(23(2)12-15-6-4-7-16(20)10-15)22-11-18-13-24-9-5-8-17(24)14-25-18;/h4,6-7,10,17-18H,3,5,8-9,11-14H2,1-2H3,(H,21,22);1H. The van der Waals surface area contributed by atoms with E-state index in [1.807, 2.05) is 18.2 Å². The molecule has 7 heteroatoms. The first-order chi connectivity index (χ1) is 12.2. The number of hydrogen-bond acceptors (Lipinski definition) is 3. The normalized spacial score (nSPS) is 23.3. The van der Waals surface area contributed by atoms with Crippen LogP contribution in [0.2, 0.25) is 5.02 Å². The minimum Gasteiger partial charge on any atom is -0.373 e. The molecule has 2 fully saturated rings. The van der Waals surface area contributed by atoms with Crippen molar-refractivity contribution in [2.24, 2.45) is 4.99 Å². The van der Waals surface area contributed by atoms with Crippen molar-refractivity contribution in [1.82, 2.24) is 15.1 Å². The predicted octanol–water partition coefficient (Wildman–Crippen LogP) is 3.22. The van der Waals surface area contributed by atoms with Crippen LogP contribution in [0.25, 0.3) is 0 Å². The van der Waals surface area contributed by atoms with Gasteiger partial charge in [0.25, 0.3) is 0 Å². The molecule has 3 rings (SSSR count). The molecule has 1 aromatic rings. The molecule has 0 saturated carbocycles. The van der Waals surface area contributed by atoms with Gasteiger partial charge in [-0.05, 0) is 44.0 Å². The lowest BCUT2D eigenvalue weighted by molar-refractivity contribution is -0.0432. The maximum Gasteiger partial charge on any atom is 0.194 e. The number of fused-ring (bicyclic) bond motifs is 1. The summed E-state index contributed by atoms with van der Waals surface area (Å²) in [4.78, 5) is 9.51. The first-order valence-corrected chi connectivity index (χ1v) is 9.63. The second-order valence-electron chi connectivity index (χ2n) is 6.93. The van der Waals surface area contributed by atoms with Crippen LogP contribution < -0.4 is 5.32 Å². The molecule has 2 saturated heterocycles. The number of benzene rings is 1. The number of halogens is 2. The second-order valence-corrected chi connectivity index (χ2v) is 7.36. The molecular weight excluding hydrogens is 463 g/mol. The molecule has 2 heterocycles. The summed E-state index contributed by atoms with van der Waals surface area (Å²) in [6, 6.07) is 8.61. The lowest BCUT2D eigenvalue weighted by Gasteiger charge is -2.34. The minimum atomic E-state index is 0. The Kier molecular flexibility index (Phi) is 8.93. The summed E-state index contributed by atoms with van der Waals surface area (Å²) in [6.45, 7) is 7.48. The third-order valence-corrected chi connectivity index (χ3v) is 5.15. The Hall–Kier alpha value is -0.570. The van der Waals surface area contributed by atoms with E-state index in [1.54, 1.807) is 0 Å². The summed E-state index contributed by atoms with van der Waals surface area (Å²) in [5.74, 6) is 0.912. The molecule has 2 aliphatic heterocycles. The summed E-state index contributed by atoms with van der Waals surface area (Å²) in [5, 5.41) is 4.14. The largest absolute Gasteiger partial charge is 0.373 e. The lowest BCUT2D eigenvalue weighted by Crippen LogP contribution is -2.47. The number of guanidine groups is 1. The van der Waals surface area contributed by atoms with Gasteiger partial charge in [0.1, 0.15) is 0 Å². The lowest BCUT2D eigenvalue weighted by atomic mass is 10.2. The van der Waals surface area contributed by atoms with Crippen molar-refractivity contribution in [3.8, 4) is 0 Å². The third kappa shape index (κ3) is 5.97. The Morgan fingerprint density at radius 1 is 1.46 bits per heavy atom. The molecule has 1 aromatic carbocycles. The van der Waals surface area contributed by atoms with Crippen molar-refractivity contribution in [3.05, 3.63) is 34.9 Å². The van der Waals surface area contributed by atoms with Gasteiger partial charge >= 0.3 is 0 Å². The van der Waals surface area contributed by atoms with Gasteiger partial charge in [-0.1, -0.05) is 23.7 Å². The predicted molar refractivity (Wildman–Crippen MR) is 119 cm³/mol. The SMILES string of the molecule is CCNC(=NCC1CN2CCCC2CO1)N(C)Cc1cccc(Cl)c1.I. The van der Waals surface area contributed by atoms with Gasteiger partial charge in [-0.15, -0.1) is 24.0 Å². The zero-order chi connectivity index (χ0) is 17.6. The molecule has 2 aliphatic rings. The Bertz CT molecular complexity index is 601. The molecule has 146 valence electrons. The van der Waals surface area contributed by atoms with E-state index in [0.29, 0.717) is 12.6 Å². The van der Waals surface area contributed by atoms with Crippen molar-refractivity contribution < 1.29 is 4.74 Å².